The van der Waals surface area contributed by atoms with Gasteiger partial charge in [0.15, 0.2) is 5.11 Å². The Labute approximate surface area is 126 Å². The lowest BCUT2D eigenvalue weighted by Gasteiger charge is -2.30. The summed E-state index contributed by atoms with van der Waals surface area (Å²) < 4.78 is 0. The van der Waals surface area contributed by atoms with Crippen LogP contribution >= 0.6 is 12.2 Å². The molecule has 1 heterocycles. The maximum absolute atomic E-state index is 5.63. The normalized spacial score (nSPS) is 27.6. The highest BCUT2D eigenvalue weighted by molar-refractivity contribution is 7.80. The second-order valence-corrected chi connectivity index (χ2v) is 6.49. The summed E-state index contributed by atoms with van der Waals surface area (Å²) in [4.78, 5) is 6.31. The molecule has 2 fully saturated rings. The predicted molar refractivity (Wildman–Crippen MR) is 85.3 cm³/mol. The van der Waals surface area contributed by atoms with E-state index in [0.717, 1.165) is 30.0 Å². The molecule has 4 heteroatoms. The molecule has 2 aliphatic rings. The van der Waals surface area contributed by atoms with E-state index in [1.165, 1.54) is 31.2 Å². The van der Waals surface area contributed by atoms with E-state index >= 15 is 0 Å². The molecule has 1 aromatic rings. The molecule has 108 valence electrons. The van der Waals surface area contributed by atoms with E-state index in [9.17, 15) is 0 Å². The first-order valence-electron chi connectivity index (χ1n) is 7.70. The van der Waals surface area contributed by atoms with Crippen LogP contribution < -0.4 is 5.32 Å². The highest BCUT2D eigenvalue weighted by Crippen LogP contribution is 2.44. The van der Waals surface area contributed by atoms with Crippen LogP contribution in [-0.4, -0.2) is 27.6 Å². The molecule has 0 spiro atoms. The Morgan fingerprint density at radius 1 is 1.35 bits per heavy atom. The number of hydrogen-bond acceptors (Lipinski definition) is 2. The Kier molecular flexibility index (Phi) is 4.20. The molecule has 0 aliphatic heterocycles. The van der Waals surface area contributed by atoms with Gasteiger partial charge in [-0.05, 0) is 67.9 Å². The van der Waals surface area contributed by atoms with Gasteiger partial charge in [0.05, 0.1) is 0 Å². The van der Waals surface area contributed by atoms with Crippen molar-refractivity contribution in [3.63, 3.8) is 0 Å². The molecule has 2 bridgehead atoms. The standard InChI is InChI=1S/C16H23N3S/c1-2-19(11-12-5-7-17-8-6-12)16(20)18-15-10-13-3-4-14(15)9-13/h5-8,13-15H,2-4,9-11H2,1H3,(H,18,20)/t13-,14-,15+/m1/s1. The minimum Gasteiger partial charge on any atom is -0.360 e. The van der Waals surface area contributed by atoms with Crippen LogP contribution in [0.5, 0.6) is 0 Å². The Balaban J connectivity index is 1.57. The van der Waals surface area contributed by atoms with Crippen LogP contribution in [0.1, 0.15) is 38.2 Å². The number of aromatic nitrogens is 1. The maximum atomic E-state index is 5.63. The quantitative estimate of drug-likeness (QED) is 0.863. The molecule has 3 nitrogen and oxygen atoms in total. The fraction of sp³-hybridized carbons (Fsp3) is 0.625. The van der Waals surface area contributed by atoms with Crippen LogP contribution in [0, 0.1) is 11.8 Å². The number of rotatable bonds is 4. The van der Waals surface area contributed by atoms with E-state index in [1.54, 1.807) is 0 Å². The van der Waals surface area contributed by atoms with Gasteiger partial charge >= 0.3 is 0 Å². The lowest BCUT2D eigenvalue weighted by Crippen LogP contribution is -2.46. The molecule has 3 rings (SSSR count). The lowest BCUT2D eigenvalue weighted by atomic mass is 9.95. The molecule has 20 heavy (non-hydrogen) atoms. The van der Waals surface area contributed by atoms with Crippen LogP contribution in [0.3, 0.4) is 0 Å². The summed E-state index contributed by atoms with van der Waals surface area (Å²) in [5.74, 6) is 1.81. The third kappa shape index (κ3) is 2.95. The molecule has 0 saturated heterocycles. The molecule has 0 aromatic carbocycles. The minimum atomic E-state index is 0.618. The maximum Gasteiger partial charge on any atom is 0.169 e. The van der Waals surface area contributed by atoms with Crippen molar-refractivity contribution < 1.29 is 0 Å². The molecular formula is C16H23N3S. The topological polar surface area (TPSA) is 28.2 Å². The largest absolute Gasteiger partial charge is 0.360 e. The zero-order chi connectivity index (χ0) is 13.9. The van der Waals surface area contributed by atoms with Gasteiger partial charge in [-0.15, -0.1) is 0 Å². The molecule has 2 aliphatic carbocycles. The summed E-state index contributed by atoms with van der Waals surface area (Å²) in [6.45, 7) is 3.97. The van der Waals surface area contributed by atoms with Crippen molar-refractivity contribution in [1.82, 2.24) is 15.2 Å². The van der Waals surface area contributed by atoms with Crippen molar-refractivity contribution in [3.8, 4) is 0 Å². The van der Waals surface area contributed by atoms with Crippen molar-refractivity contribution in [3.05, 3.63) is 30.1 Å². The summed E-state index contributed by atoms with van der Waals surface area (Å²) in [6.07, 6.45) is 9.24. The van der Waals surface area contributed by atoms with Crippen molar-refractivity contribution in [2.24, 2.45) is 11.8 Å². The molecule has 0 unspecified atom stereocenters. The fourth-order valence-corrected chi connectivity index (χ4v) is 4.05. The smallest absolute Gasteiger partial charge is 0.169 e. The first kappa shape index (κ1) is 13.8. The number of thiocarbonyl (C=S) groups is 1. The summed E-state index contributed by atoms with van der Waals surface area (Å²) in [5, 5.41) is 4.54. The van der Waals surface area contributed by atoms with Gasteiger partial charge in [-0.2, -0.15) is 0 Å². The Morgan fingerprint density at radius 2 is 2.15 bits per heavy atom. The molecule has 0 radical (unpaired) electrons. The van der Waals surface area contributed by atoms with E-state index in [4.69, 9.17) is 12.2 Å². The molecule has 0 amide bonds. The highest BCUT2D eigenvalue weighted by Gasteiger charge is 2.39. The Hall–Kier alpha value is -1.16. The Bertz CT molecular complexity index is 462. The lowest BCUT2D eigenvalue weighted by molar-refractivity contribution is 0.361. The average Bonchev–Trinajstić information content (AvgIpc) is 3.08. The highest BCUT2D eigenvalue weighted by atomic mass is 32.1. The number of nitrogens with one attached hydrogen (secondary N) is 1. The van der Waals surface area contributed by atoms with Crippen LogP contribution in [0.15, 0.2) is 24.5 Å². The van der Waals surface area contributed by atoms with E-state index in [2.05, 4.69) is 34.3 Å². The van der Waals surface area contributed by atoms with Gasteiger partial charge in [-0.25, -0.2) is 0 Å². The van der Waals surface area contributed by atoms with Gasteiger partial charge in [-0.3, -0.25) is 4.98 Å². The van der Waals surface area contributed by atoms with Gasteiger partial charge in [-0.1, -0.05) is 6.42 Å². The number of pyridine rings is 1. The van der Waals surface area contributed by atoms with E-state index in [-0.39, 0.29) is 0 Å². The van der Waals surface area contributed by atoms with Gasteiger partial charge in [0.25, 0.3) is 0 Å². The zero-order valence-electron chi connectivity index (χ0n) is 12.1. The number of hydrogen-bond donors (Lipinski definition) is 1. The monoisotopic (exact) mass is 289 g/mol. The predicted octanol–water partition coefficient (Wildman–Crippen LogP) is 2.97. The minimum absolute atomic E-state index is 0.618. The summed E-state index contributed by atoms with van der Waals surface area (Å²) in [6, 6.07) is 4.73. The average molecular weight is 289 g/mol. The number of nitrogens with zero attached hydrogens (tertiary/aromatic N) is 2. The van der Waals surface area contributed by atoms with Crippen molar-refractivity contribution in [2.45, 2.75) is 45.2 Å². The number of fused-ring (bicyclic) bond motifs is 2. The second kappa shape index (κ2) is 6.08. The van der Waals surface area contributed by atoms with E-state index in [1.807, 2.05) is 12.4 Å². The van der Waals surface area contributed by atoms with Crippen molar-refractivity contribution in [2.75, 3.05) is 6.54 Å². The summed E-state index contributed by atoms with van der Waals surface area (Å²) in [5.41, 5.74) is 1.26. The molecule has 3 atom stereocenters. The van der Waals surface area contributed by atoms with Crippen LogP contribution in [0.25, 0.3) is 0 Å². The third-order valence-corrected chi connectivity index (χ3v) is 5.21. The first-order valence-corrected chi connectivity index (χ1v) is 8.11. The second-order valence-electron chi connectivity index (χ2n) is 6.10. The first-order chi connectivity index (χ1) is 9.76. The molecule has 2 saturated carbocycles. The fourth-order valence-electron chi connectivity index (χ4n) is 3.71. The SMILES string of the molecule is CCN(Cc1ccncc1)C(=S)N[C@H]1C[C@@H]2CC[C@@H]1C2. The van der Waals surface area contributed by atoms with E-state index < -0.39 is 0 Å². The molecule has 1 aromatic heterocycles. The van der Waals surface area contributed by atoms with Gasteiger partial charge in [0, 0.05) is 31.5 Å². The van der Waals surface area contributed by atoms with Crippen LogP contribution in [0.4, 0.5) is 0 Å². The molecule has 1 N–H and O–H groups in total. The van der Waals surface area contributed by atoms with Crippen molar-refractivity contribution in [1.29, 1.82) is 0 Å². The Morgan fingerprint density at radius 3 is 2.75 bits per heavy atom. The van der Waals surface area contributed by atoms with E-state index in [0.29, 0.717) is 6.04 Å². The summed E-state index contributed by atoms with van der Waals surface area (Å²) >= 11 is 5.63. The summed E-state index contributed by atoms with van der Waals surface area (Å²) in [7, 11) is 0. The van der Waals surface area contributed by atoms with Crippen LogP contribution in [0.2, 0.25) is 0 Å². The molecular weight excluding hydrogens is 266 g/mol. The van der Waals surface area contributed by atoms with Gasteiger partial charge in [0.2, 0.25) is 0 Å². The zero-order valence-corrected chi connectivity index (χ0v) is 12.9. The van der Waals surface area contributed by atoms with Gasteiger partial charge in [0.1, 0.15) is 0 Å². The third-order valence-electron chi connectivity index (χ3n) is 4.84. The van der Waals surface area contributed by atoms with Crippen molar-refractivity contribution >= 4 is 17.3 Å². The van der Waals surface area contributed by atoms with Crippen LogP contribution in [-0.2, 0) is 6.54 Å². The van der Waals surface area contributed by atoms with Gasteiger partial charge < -0.3 is 10.2 Å².